The van der Waals surface area contributed by atoms with Crippen molar-refractivity contribution in [1.29, 1.82) is 0 Å². The van der Waals surface area contributed by atoms with Crippen LogP contribution in [0.15, 0.2) is 12.4 Å². The molecule has 2 aliphatic carbocycles. The predicted octanol–water partition coefficient (Wildman–Crippen LogP) is 4.26. The van der Waals surface area contributed by atoms with E-state index < -0.39 is 5.92 Å². The second-order valence-electron chi connectivity index (χ2n) is 10.2. The number of carbonyl (C=O) groups excluding carboxylic acids is 1. The molecule has 1 amide bonds. The first-order chi connectivity index (χ1) is 16.8. The van der Waals surface area contributed by atoms with Crippen molar-refractivity contribution in [2.45, 2.75) is 82.7 Å². The maximum atomic E-state index is 13.2. The molecule has 2 saturated carbocycles. The van der Waals surface area contributed by atoms with Crippen LogP contribution < -0.4 is 10.1 Å². The van der Waals surface area contributed by atoms with Gasteiger partial charge in [0.05, 0.1) is 23.1 Å². The fourth-order valence-electron chi connectivity index (χ4n) is 5.31. The van der Waals surface area contributed by atoms with E-state index >= 15 is 0 Å². The van der Waals surface area contributed by atoms with Gasteiger partial charge in [0.2, 0.25) is 5.92 Å². The summed E-state index contributed by atoms with van der Waals surface area (Å²) in [5.41, 5.74) is 1.11. The van der Waals surface area contributed by atoms with E-state index in [1.165, 1.54) is 4.88 Å². The molecular weight excluding hydrogens is 472 g/mol. The number of thiazole rings is 1. The molecule has 1 aliphatic heterocycles. The van der Waals surface area contributed by atoms with Crippen molar-refractivity contribution in [2.24, 2.45) is 5.92 Å². The highest BCUT2D eigenvalue weighted by molar-refractivity contribution is 7.11. The molecule has 10 heteroatoms. The molecular formula is C25H33F2N5O2S. The van der Waals surface area contributed by atoms with Gasteiger partial charge in [-0.3, -0.25) is 9.69 Å². The van der Waals surface area contributed by atoms with Crippen molar-refractivity contribution in [3.63, 3.8) is 0 Å². The molecule has 1 N–H and O–H groups in total. The van der Waals surface area contributed by atoms with Crippen LogP contribution in [-0.2, 0) is 17.8 Å². The summed E-state index contributed by atoms with van der Waals surface area (Å²) in [6, 6.07) is 0.210. The van der Waals surface area contributed by atoms with Crippen LogP contribution in [0.2, 0.25) is 0 Å². The van der Waals surface area contributed by atoms with Gasteiger partial charge in [0.1, 0.15) is 5.82 Å². The summed E-state index contributed by atoms with van der Waals surface area (Å²) in [5.74, 6) is -0.805. The molecule has 5 rings (SSSR count). The molecule has 0 saturated heterocycles. The molecule has 0 atom stereocenters. The van der Waals surface area contributed by atoms with Gasteiger partial charge in [-0.1, -0.05) is 0 Å². The van der Waals surface area contributed by atoms with Crippen LogP contribution in [0.5, 0.6) is 5.75 Å². The molecule has 0 aromatic carbocycles. The second-order valence-corrected chi connectivity index (χ2v) is 11.4. The van der Waals surface area contributed by atoms with E-state index in [-0.39, 0.29) is 37.3 Å². The minimum atomic E-state index is -2.49. The molecule has 35 heavy (non-hydrogen) atoms. The lowest BCUT2D eigenvalue weighted by Gasteiger charge is -2.33. The molecule has 3 aliphatic rings. The summed E-state index contributed by atoms with van der Waals surface area (Å²) in [7, 11) is 0. The third kappa shape index (κ3) is 6.33. The van der Waals surface area contributed by atoms with Crippen LogP contribution in [0.25, 0.3) is 0 Å². The van der Waals surface area contributed by atoms with E-state index in [0.717, 1.165) is 68.9 Å². The maximum Gasteiger partial charge on any atom is 0.258 e. The largest absolute Gasteiger partial charge is 0.481 e. The first-order valence-corrected chi connectivity index (χ1v) is 13.4. The van der Waals surface area contributed by atoms with Gasteiger partial charge in [-0.2, -0.15) is 0 Å². The number of hydrogen-bond donors (Lipinski definition) is 1. The van der Waals surface area contributed by atoms with Crippen molar-refractivity contribution in [3.8, 4) is 5.75 Å². The van der Waals surface area contributed by atoms with E-state index in [4.69, 9.17) is 9.72 Å². The number of nitrogens with zero attached hydrogens (tertiary/aromatic N) is 4. The summed E-state index contributed by atoms with van der Waals surface area (Å²) >= 11 is 1.66. The minimum absolute atomic E-state index is 0.0230. The van der Waals surface area contributed by atoms with E-state index in [0.29, 0.717) is 17.5 Å². The summed E-state index contributed by atoms with van der Waals surface area (Å²) in [6.07, 6.45) is 9.43. The Hall–Kier alpha value is -2.20. The molecule has 2 fully saturated rings. The van der Waals surface area contributed by atoms with E-state index in [1.807, 2.05) is 0 Å². The van der Waals surface area contributed by atoms with E-state index in [9.17, 15) is 13.6 Å². The molecule has 0 unspecified atom stereocenters. The number of amides is 1. The van der Waals surface area contributed by atoms with Gasteiger partial charge in [-0.25, -0.2) is 23.7 Å². The normalized spacial score (nSPS) is 24.4. The smallest absolute Gasteiger partial charge is 0.258 e. The van der Waals surface area contributed by atoms with Gasteiger partial charge in [0.15, 0.2) is 12.4 Å². The monoisotopic (exact) mass is 505 g/mol. The highest BCUT2D eigenvalue weighted by Crippen LogP contribution is 2.49. The number of halogens is 2. The minimum Gasteiger partial charge on any atom is -0.481 e. The Balaban J connectivity index is 0.991. The van der Waals surface area contributed by atoms with Gasteiger partial charge in [0, 0.05) is 42.8 Å². The van der Waals surface area contributed by atoms with Gasteiger partial charge < -0.3 is 10.1 Å². The summed E-state index contributed by atoms with van der Waals surface area (Å²) in [6.45, 7) is 4.68. The van der Waals surface area contributed by atoms with Crippen LogP contribution in [0.1, 0.15) is 72.3 Å². The summed E-state index contributed by atoms with van der Waals surface area (Å²) < 4.78 is 31.9. The standard InChI is InChI=1S/C25H33F2N5O2S/c1-16-28-12-20(13-29-16)34-15-23(33)30-19-4-2-17(3-5-19)6-8-32-9-7-22-21(14-32)31-24(35-22)18-10-25(26,27)11-18/h12-13,17-19H,2-11,14-15H2,1H3,(H,30,33). The molecule has 0 spiro atoms. The van der Waals surface area contributed by atoms with Gasteiger partial charge in [0.25, 0.3) is 5.91 Å². The quantitative estimate of drug-likeness (QED) is 0.578. The number of alkyl halides is 2. The van der Waals surface area contributed by atoms with Crippen LogP contribution in [0.3, 0.4) is 0 Å². The van der Waals surface area contributed by atoms with Crippen molar-refractivity contribution in [1.82, 2.24) is 25.2 Å². The molecule has 7 nitrogen and oxygen atoms in total. The van der Waals surface area contributed by atoms with Gasteiger partial charge >= 0.3 is 0 Å². The molecule has 2 aromatic heterocycles. The Kier molecular flexibility index (Phi) is 7.29. The second kappa shape index (κ2) is 10.4. The molecule has 2 aromatic rings. The summed E-state index contributed by atoms with van der Waals surface area (Å²) in [5, 5.41) is 4.01. The lowest BCUT2D eigenvalue weighted by Crippen LogP contribution is -2.40. The molecule has 190 valence electrons. The number of nitrogens with one attached hydrogen (secondary N) is 1. The maximum absolute atomic E-state index is 13.2. The first kappa shape index (κ1) is 24.5. The highest BCUT2D eigenvalue weighted by Gasteiger charge is 2.47. The Morgan fingerprint density at radius 3 is 2.69 bits per heavy atom. The zero-order chi connectivity index (χ0) is 24.4. The fourth-order valence-corrected chi connectivity index (χ4v) is 6.47. The number of ether oxygens (including phenoxy) is 1. The number of aryl methyl sites for hydroxylation is 1. The number of carbonyl (C=O) groups is 1. The third-order valence-electron chi connectivity index (χ3n) is 7.46. The number of fused-ring (bicyclic) bond motifs is 1. The predicted molar refractivity (Wildman–Crippen MR) is 129 cm³/mol. The number of hydrogen-bond acceptors (Lipinski definition) is 7. The van der Waals surface area contributed by atoms with Crippen molar-refractivity contribution >= 4 is 17.2 Å². The average molecular weight is 506 g/mol. The Morgan fingerprint density at radius 1 is 1.23 bits per heavy atom. The Bertz CT molecular complexity index is 1020. The molecule has 3 heterocycles. The average Bonchev–Trinajstić information content (AvgIpc) is 3.25. The van der Waals surface area contributed by atoms with E-state index in [1.54, 1.807) is 30.7 Å². The summed E-state index contributed by atoms with van der Waals surface area (Å²) in [4.78, 5) is 28.9. The first-order valence-electron chi connectivity index (χ1n) is 12.6. The SMILES string of the molecule is Cc1ncc(OCC(=O)NC2CCC(CCN3CCc4sc(C5CC(F)(F)C5)nc4C3)CC2)cn1. The molecule has 0 bridgehead atoms. The van der Waals surface area contributed by atoms with Crippen molar-refractivity contribution < 1.29 is 18.3 Å². The van der Waals surface area contributed by atoms with Crippen LogP contribution in [0.4, 0.5) is 8.78 Å². The van der Waals surface area contributed by atoms with Crippen LogP contribution >= 0.6 is 11.3 Å². The van der Waals surface area contributed by atoms with Crippen LogP contribution in [-0.4, -0.2) is 57.4 Å². The topological polar surface area (TPSA) is 80.2 Å². The molecule has 0 radical (unpaired) electrons. The Labute approximate surface area is 208 Å². The van der Waals surface area contributed by atoms with Crippen LogP contribution in [0, 0.1) is 12.8 Å². The van der Waals surface area contributed by atoms with Gasteiger partial charge in [-0.05, 0) is 57.9 Å². The number of rotatable bonds is 8. The lowest BCUT2D eigenvalue weighted by atomic mass is 9.82. The lowest BCUT2D eigenvalue weighted by molar-refractivity contribution is -0.124. The zero-order valence-electron chi connectivity index (χ0n) is 20.1. The number of aromatic nitrogens is 3. The van der Waals surface area contributed by atoms with Crippen molar-refractivity contribution in [2.75, 3.05) is 19.7 Å². The van der Waals surface area contributed by atoms with Gasteiger partial charge in [-0.15, -0.1) is 11.3 Å². The third-order valence-corrected chi connectivity index (χ3v) is 8.78. The van der Waals surface area contributed by atoms with E-state index in [2.05, 4.69) is 20.2 Å². The fraction of sp³-hybridized carbons (Fsp3) is 0.680. The highest BCUT2D eigenvalue weighted by atomic mass is 32.1. The van der Waals surface area contributed by atoms with Crippen molar-refractivity contribution in [3.05, 3.63) is 33.8 Å². The zero-order valence-corrected chi connectivity index (χ0v) is 21.0. The Morgan fingerprint density at radius 2 is 1.97 bits per heavy atom.